The summed E-state index contributed by atoms with van der Waals surface area (Å²) in [6.07, 6.45) is 27.2. The molecule has 4 aromatic rings. The number of hydrogen-bond donors (Lipinski definition) is 2. The van der Waals surface area contributed by atoms with Gasteiger partial charge in [-0.05, 0) is 120 Å². The highest BCUT2D eigenvalue weighted by Gasteiger charge is 2.07. The normalized spacial score (nSPS) is 11.3. The van der Waals surface area contributed by atoms with E-state index in [0.717, 1.165) is 24.2 Å². The molecule has 49 heavy (non-hydrogen) atoms. The van der Waals surface area contributed by atoms with Crippen LogP contribution in [0.2, 0.25) is 0 Å². The molecule has 0 amide bonds. The molecule has 0 heterocycles. The average molecular weight is 659 g/mol. The molecule has 0 aliphatic heterocycles. The average Bonchev–Trinajstić information content (AvgIpc) is 3.10. The highest BCUT2D eigenvalue weighted by atomic mass is 14.5. The van der Waals surface area contributed by atoms with Gasteiger partial charge in [0.1, 0.15) is 0 Å². The van der Waals surface area contributed by atoms with Gasteiger partial charge in [0.25, 0.3) is 0 Å². The molecule has 0 radical (unpaired) electrons. The Morgan fingerprint density at radius 1 is 0.327 bits per heavy atom. The number of aryl methyl sites for hydroxylation is 4. The van der Waals surface area contributed by atoms with Crippen molar-refractivity contribution in [3.63, 3.8) is 0 Å². The molecule has 0 unspecified atom stereocenters. The van der Waals surface area contributed by atoms with Crippen molar-refractivity contribution >= 4 is 11.4 Å². The van der Waals surface area contributed by atoms with Crippen LogP contribution in [0.5, 0.6) is 0 Å². The Balaban J connectivity index is 0.993. The Labute approximate surface area is 300 Å². The van der Waals surface area contributed by atoms with E-state index in [1.54, 1.807) is 0 Å². The third-order valence-electron chi connectivity index (χ3n) is 10.3. The number of hydrogen-bond acceptors (Lipinski definition) is 2. The zero-order valence-electron chi connectivity index (χ0n) is 31.1. The van der Waals surface area contributed by atoms with E-state index >= 15 is 0 Å². The van der Waals surface area contributed by atoms with Crippen LogP contribution in [0.1, 0.15) is 155 Å². The van der Waals surface area contributed by atoms with E-state index in [9.17, 15) is 0 Å². The first-order chi connectivity index (χ1) is 24.0. The first kappa shape index (κ1) is 38.3. The minimum Gasteiger partial charge on any atom is -0.399 e. The Kier molecular flexibility index (Phi) is 17.4. The number of nitrogens with two attached hydrogens (primary N) is 2. The van der Waals surface area contributed by atoms with Crippen LogP contribution < -0.4 is 11.5 Å². The molecule has 4 rings (SSSR count). The van der Waals surface area contributed by atoms with E-state index in [2.05, 4.69) is 74.5 Å². The number of benzene rings is 4. The van der Waals surface area contributed by atoms with Crippen LogP contribution >= 0.6 is 0 Å². The minimum absolute atomic E-state index is 0.840. The molecule has 0 saturated heterocycles. The van der Waals surface area contributed by atoms with Gasteiger partial charge in [0, 0.05) is 11.4 Å². The van der Waals surface area contributed by atoms with Gasteiger partial charge >= 0.3 is 0 Å². The lowest BCUT2D eigenvalue weighted by Crippen LogP contribution is -1.98. The number of unbranched alkanes of at least 4 members (excludes halogenated alkanes) is 12. The lowest BCUT2D eigenvalue weighted by atomic mass is 9.93. The summed E-state index contributed by atoms with van der Waals surface area (Å²) in [6.45, 7) is 4.58. The minimum atomic E-state index is 0.840. The molecule has 0 saturated carbocycles. The van der Waals surface area contributed by atoms with Crippen molar-refractivity contribution in [2.24, 2.45) is 0 Å². The SMILES string of the molecule is CCCc1cc(CCCCCCCCCCCCCCCc2ccc(Cc3ccc(N)cc3)c(CCC)c2)ccc1Cc1ccc(N)cc1. The molecule has 0 spiro atoms. The maximum Gasteiger partial charge on any atom is 0.0314 e. The molecule has 0 aromatic heterocycles. The molecule has 0 aliphatic rings. The maximum atomic E-state index is 5.88. The van der Waals surface area contributed by atoms with Crippen LogP contribution in [-0.2, 0) is 38.5 Å². The second kappa shape index (κ2) is 22.2. The van der Waals surface area contributed by atoms with Crippen LogP contribution in [0, 0.1) is 0 Å². The van der Waals surface area contributed by atoms with Gasteiger partial charge in [-0.25, -0.2) is 0 Å². The van der Waals surface area contributed by atoms with Crippen LogP contribution in [-0.4, -0.2) is 0 Å². The molecule has 0 aliphatic carbocycles. The molecule has 2 nitrogen and oxygen atoms in total. The van der Waals surface area contributed by atoms with E-state index in [1.807, 2.05) is 24.3 Å². The van der Waals surface area contributed by atoms with Gasteiger partial charge in [-0.3, -0.25) is 0 Å². The van der Waals surface area contributed by atoms with Gasteiger partial charge in [0.2, 0.25) is 0 Å². The maximum absolute atomic E-state index is 5.88. The smallest absolute Gasteiger partial charge is 0.0314 e. The summed E-state index contributed by atoms with van der Waals surface area (Å²) in [5.74, 6) is 0. The first-order valence-corrected chi connectivity index (χ1v) is 19.9. The van der Waals surface area contributed by atoms with Crippen molar-refractivity contribution in [1.82, 2.24) is 0 Å². The Hall–Kier alpha value is -3.52. The molecule has 0 bridgehead atoms. The summed E-state index contributed by atoms with van der Waals surface area (Å²) >= 11 is 0. The molecular formula is C47H66N2. The number of rotatable bonds is 24. The standard InChI is InChI=1S/C47H66N2/c1-3-18-42-34-38(22-28-44(42)36-40-24-30-46(48)31-25-40)20-16-14-12-10-8-6-5-7-9-11-13-15-17-21-39-23-29-45(43(35-39)19-4-2)37-41-26-32-47(49)33-27-41/h22-35H,3-21,36-37,48-49H2,1-2H3. The van der Waals surface area contributed by atoms with Crippen molar-refractivity contribution in [1.29, 1.82) is 0 Å². The lowest BCUT2D eigenvalue weighted by molar-refractivity contribution is 0.536. The van der Waals surface area contributed by atoms with Gasteiger partial charge in [-0.1, -0.05) is 158 Å². The third kappa shape index (κ3) is 14.5. The fourth-order valence-corrected chi connectivity index (χ4v) is 7.33. The molecule has 0 fully saturated rings. The zero-order chi connectivity index (χ0) is 34.5. The van der Waals surface area contributed by atoms with Gasteiger partial charge < -0.3 is 11.5 Å². The Morgan fingerprint density at radius 2 is 0.633 bits per heavy atom. The van der Waals surface area contributed by atoms with Crippen LogP contribution in [0.3, 0.4) is 0 Å². The summed E-state index contributed by atoms with van der Waals surface area (Å²) in [7, 11) is 0. The lowest BCUT2D eigenvalue weighted by Gasteiger charge is -2.12. The number of anilines is 2. The van der Waals surface area contributed by atoms with E-state index in [1.165, 1.54) is 167 Å². The fraction of sp³-hybridized carbons (Fsp3) is 0.489. The zero-order valence-corrected chi connectivity index (χ0v) is 31.1. The molecular weight excluding hydrogens is 593 g/mol. The summed E-state index contributed by atoms with van der Waals surface area (Å²) in [5, 5.41) is 0. The second-order valence-corrected chi connectivity index (χ2v) is 14.6. The molecule has 0 atom stereocenters. The predicted octanol–water partition coefficient (Wildman–Crippen LogP) is 12.8. The van der Waals surface area contributed by atoms with Crippen molar-refractivity contribution < 1.29 is 0 Å². The molecule has 4 aromatic carbocycles. The van der Waals surface area contributed by atoms with E-state index in [0.29, 0.717) is 0 Å². The molecule has 2 heteroatoms. The van der Waals surface area contributed by atoms with Gasteiger partial charge in [0.15, 0.2) is 0 Å². The molecule has 4 N–H and O–H groups in total. The first-order valence-electron chi connectivity index (χ1n) is 19.9. The highest BCUT2D eigenvalue weighted by molar-refractivity contribution is 5.43. The Bertz CT molecular complexity index is 1350. The van der Waals surface area contributed by atoms with Crippen molar-refractivity contribution in [3.05, 3.63) is 129 Å². The van der Waals surface area contributed by atoms with Gasteiger partial charge in [-0.15, -0.1) is 0 Å². The van der Waals surface area contributed by atoms with Gasteiger partial charge in [-0.2, -0.15) is 0 Å². The van der Waals surface area contributed by atoms with Crippen LogP contribution in [0.25, 0.3) is 0 Å². The third-order valence-corrected chi connectivity index (χ3v) is 10.3. The Morgan fingerprint density at radius 3 is 0.959 bits per heavy atom. The monoisotopic (exact) mass is 659 g/mol. The quantitative estimate of drug-likeness (QED) is 0.0581. The van der Waals surface area contributed by atoms with E-state index in [4.69, 9.17) is 11.5 Å². The topological polar surface area (TPSA) is 52.0 Å². The number of nitrogen functional groups attached to an aromatic ring is 2. The van der Waals surface area contributed by atoms with Crippen LogP contribution in [0.4, 0.5) is 11.4 Å². The van der Waals surface area contributed by atoms with Gasteiger partial charge in [0.05, 0.1) is 0 Å². The van der Waals surface area contributed by atoms with E-state index < -0.39 is 0 Å². The van der Waals surface area contributed by atoms with E-state index in [-0.39, 0.29) is 0 Å². The summed E-state index contributed by atoms with van der Waals surface area (Å²) < 4.78 is 0. The summed E-state index contributed by atoms with van der Waals surface area (Å²) in [6, 6.07) is 31.2. The summed E-state index contributed by atoms with van der Waals surface area (Å²) in [5.41, 5.74) is 25.2. The van der Waals surface area contributed by atoms with Crippen molar-refractivity contribution in [2.45, 2.75) is 149 Å². The second-order valence-electron chi connectivity index (χ2n) is 14.6. The van der Waals surface area contributed by atoms with Crippen molar-refractivity contribution in [3.8, 4) is 0 Å². The largest absolute Gasteiger partial charge is 0.399 e. The highest BCUT2D eigenvalue weighted by Crippen LogP contribution is 2.23. The summed E-state index contributed by atoms with van der Waals surface area (Å²) in [4.78, 5) is 0. The van der Waals surface area contributed by atoms with Crippen molar-refractivity contribution in [2.75, 3.05) is 11.5 Å². The fourth-order valence-electron chi connectivity index (χ4n) is 7.33. The van der Waals surface area contributed by atoms with Crippen LogP contribution in [0.15, 0.2) is 84.9 Å². The predicted molar refractivity (Wildman–Crippen MR) is 216 cm³/mol. The molecule has 264 valence electrons.